The highest BCUT2D eigenvalue weighted by Gasteiger charge is 2.35. The minimum atomic E-state index is -0.488. The highest BCUT2D eigenvalue weighted by atomic mass is 16.2. The first-order chi connectivity index (χ1) is 11.7. The van der Waals surface area contributed by atoms with Gasteiger partial charge in [-0.3, -0.25) is 9.69 Å². The summed E-state index contributed by atoms with van der Waals surface area (Å²) in [7, 11) is 4.16. The van der Waals surface area contributed by atoms with E-state index in [1.54, 1.807) is 0 Å². The van der Waals surface area contributed by atoms with E-state index in [0.29, 0.717) is 5.92 Å². The van der Waals surface area contributed by atoms with Crippen LogP contribution in [0.5, 0.6) is 0 Å². The third kappa shape index (κ3) is 4.63. The largest absolute Gasteiger partial charge is 0.377 e. The van der Waals surface area contributed by atoms with Gasteiger partial charge >= 0.3 is 0 Å². The molecule has 0 saturated heterocycles. The third-order valence-corrected chi connectivity index (χ3v) is 4.96. The van der Waals surface area contributed by atoms with Crippen molar-refractivity contribution in [3.63, 3.8) is 0 Å². The lowest BCUT2D eigenvalue weighted by molar-refractivity contribution is -0.131. The first kappa shape index (κ1) is 19.5. The Kier molecular flexibility index (Phi) is 6.28. The van der Waals surface area contributed by atoms with Gasteiger partial charge in [-0.2, -0.15) is 0 Å². The average molecular weight is 344 g/mol. The molecule has 25 heavy (non-hydrogen) atoms. The number of hydrogen-bond donors (Lipinski definition) is 1. The molecule has 1 aromatic rings. The molecule has 4 heteroatoms. The van der Waals surface area contributed by atoms with Gasteiger partial charge in [0.2, 0.25) is 5.91 Å². The van der Waals surface area contributed by atoms with Gasteiger partial charge in [0, 0.05) is 45.0 Å². The number of anilines is 1. The van der Waals surface area contributed by atoms with E-state index in [-0.39, 0.29) is 5.91 Å². The summed E-state index contributed by atoms with van der Waals surface area (Å²) in [6, 6.07) is 8.53. The molecule has 0 unspecified atom stereocenters. The molecule has 138 valence electrons. The molecule has 4 nitrogen and oxygen atoms in total. The monoisotopic (exact) mass is 343 g/mol. The second kappa shape index (κ2) is 8.05. The SMILES string of the molecule is CC(C)CNC(=O)C(C)(C)N1CC=C(c2ccccc2N(C)C)CC1. The zero-order chi connectivity index (χ0) is 18.6. The molecule has 1 N–H and O–H groups in total. The van der Waals surface area contributed by atoms with Crippen LogP contribution in [-0.2, 0) is 4.79 Å². The minimum absolute atomic E-state index is 0.117. The maximum absolute atomic E-state index is 12.6. The van der Waals surface area contributed by atoms with E-state index in [2.05, 4.69) is 73.4 Å². The highest BCUT2D eigenvalue weighted by molar-refractivity contribution is 5.85. The Balaban J connectivity index is 2.10. The summed E-state index contributed by atoms with van der Waals surface area (Å²) in [4.78, 5) is 17.0. The molecule has 0 fully saturated rings. The molecule has 1 aliphatic heterocycles. The van der Waals surface area contributed by atoms with E-state index < -0.39 is 5.54 Å². The number of hydrogen-bond acceptors (Lipinski definition) is 3. The predicted octanol–water partition coefficient (Wildman–Crippen LogP) is 3.39. The molecular weight excluding hydrogens is 310 g/mol. The zero-order valence-corrected chi connectivity index (χ0v) is 16.6. The molecule has 0 aromatic heterocycles. The van der Waals surface area contributed by atoms with Gasteiger partial charge < -0.3 is 10.2 Å². The van der Waals surface area contributed by atoms with Crippen molar-refractivity contribution in [3.05, 3.63) is 35.9 Å². The molecule has 0 radical (unpaired) electrons. The van der Waals surface area contributed by atoms with E-state index in [0.717, 1.165) is 26.1 Å². The summed E-state index contributed by atoms with van der Waals surface area (Å²) < 4.78 is 0. The second-order valence-electron chi connectivity index (χ2n) is 8.00. The Morgan fingerprint density at radius 2 is 1.96 bits per heavy atom. The molecule has 1 aliphatic rings. The van der Waals surface area contributed by atoms with Gasteiger partial charge in [-0.25, -0.2) is 0 Å². The van der Waals surface area contributed by atoms with Gasteiger partial charge in [0.1, 0.15) is 0 Å². The summed E-state index contributed by atoms with van der Waals surface area (Å²) in [5.41, 5.74) is 3.43. The van der Waals surface area contributed by atoms with Crippen molar-refractivity contribution in [2.45, 2.75) is 39.7 Å². The highest BCUT2D eigenvalue weighted by Crippen LogP contribution is 2.31. The standard InChI is InChI=1S/C21H33N3O/c1-16(2)15-22-20(25)21(3,4)24-13-11-17(12-14-24)18-9-7-8-10-19(18)23(5)6/h7-11,16H,12-15H2,1-6H3,(H,22,25). The Labute approximate surface area is 152 Å². The summed E-state index contributed by atoms with van der Waals surface area (Å²) in [5.74, 6) is 0.585. The molecule has 0 atom stereocenters. The maximum Gasteiger partial charge on any atom is 0.239 e. The molecule has 1 aromatic carbocycles. The fourth-order valence-electron chi connectivity index (χ4n) is 3.21. The van der Waals surface area contributed by atoms with Crippen molar-refractivity contribution in [3.8, 4) is 0 Å². The Hall–Kier alpha value is -1.81. The quantitative estimate of drug-likeness (QED) is 0.860. The molecule has 0 spiro atoms. The zero-order valence-electron chi connectivity index (χ0n) is 16.6. The Morgan fingerprint density at radius 1 is 1.28 bits per heavy atom. The van der Waals surface area contributed by atoms with Crippen molar-refractivity contribution in [2.75, 3.05) is 38.6 Å². The third-order valence-electron chi connectivity index (χ3n) is 4.96. The Morgan fingerprint density at radius 3 is 2.52 bits per heavy atom. The van der Waals surface area contributed by atoms with Crippen LogP contribution in [0.1, 0.15) is 39.7 Å². The Bertz CT molecular complexity index is 632. The van der Waals surface area contributed by atoms with Crippen LogP contribution in [-0.4, -0.2) is 50.1 Å². The van der Waals surface area contributed by atoms with Crippen molar-refractivity contribution in [2.24, 2.45) is 5.92 Å². The number of carbonyl (C=O) groups excluding carboxylic acids is 1. The molecule has 0 saturated carbocycles. The fourth-order valence-corrected chi connectivity index (χ4v) is 3.21. The number of benzene rings is 1. The summed E-state index contributed by atoms with van der Waals surface area (Å²) in [5, 5.41) is 3.08. The van der Waals surface area contributed by atoms with Gasteiger partial charge in [-0.1, -0.05) is 38.1 Å². The number of amides is 1. The number of nitrogens with one attached hydrogen (secondary N) is 1. The van der Waals surface area contributed by atoms with Crippen LogP contribution in [0.3, 0.4) is 0 Å². The predicted molar refractivity (Wildman–Crippen MR) is 107 cm³/mol. The lowest BCUT2D eigenvalue weighted by Gasteiger charge is -2.39. The van der Waals surface area contributed by atoms with Crippen LogP contribution in [0.4, 0.5) is 5.69 Å². The van der Waals surface area contributed by atoms with Gasteiger partial charge in [-0.15, -0.1) is 0 Å². The van der Waals surface area contributed by atoms with Crippen molar-refractivity contribution in [1.82, 2.24) is 10.2 Å². The molecule has 0 bridgehead atoms. The van der Waals surface area contributed by atoms with Gasteiger partial charge in [0.05, 0.1) is 5.54 Å². The smallest absolute Gasteiger partial charge is 0.239 e. The first-order valence-electron chi connectivity index (χ1n) is 9.22. The van der Waals surface area contributed by atoms with Crippen molar-refractivity contribution < 1.29 is 4.79 Å². The molecule has 0 aliphatic carbocycles. The normalized spacial score (nSPS) is 15.9. The topological polar surface area (TPSA) is 35.6 Å². The lowest BCUT2D eigenvalue weighted by Crippen LogP contribution is -2.56. The lowest BCUT2D eigenvalue weighted by atomic mass is 9.93. The van der Waals surface area contributed by atoms with Crippen LogP contribution < -0.4 is 10.2 Å². The van der Waals surface area contributed by atoms with E-state index >= 15 is 0 Å². The fraction of sp³-hybridized carbons (Fsp3) is 0.571. The number of rotatable bonds is 6. The summed E-state index contributed by atoms with van der Waals surface area (Å²) >= 11 is 0. The summed E-state index contributed by atoms with van der Waals surface area (Å²) in [6.45, 7) is 10.7. The van der Waals surface area contributed by atoms with Gasteiger partial charge in [0.25, 0.3) is 0 Å². The number of para-hydroxylation sites is 1. The van der Waals surface area contributed by atoms with Gasteiger partial charge in [-0.05, 0) is 37.8 Å². The van der Waals surface area contributed by atoms with Crippen LogP contribution >= 0.6 is 0 Å². The minimum Gasteiger partial charge on any atom is -0.377 e. The van der Waals surface area contributed by atoms with Crippen molar-refractivity contribution >= 4 is 17.2 Å². The van der Waals surface area contributed by atoms with Crippen LogP contribution in [0.2, 0.25) is 0 Å². The number of carbonyl (C=O) groups is 1. The van der Waals surface area contributed by atoms with Crippen LogP contribution in [0.25, 0.3) is 5.57 Å². The van der Waals surface area contributed by atoms with E-state index in [1.165, 1.54) is 16.8 Å². The average Bonchev–Trinajstić information content (AvgIpc) is 2.59. The van der Waals surface area contributed by atoms with Crippen LogP contribution in [0, 0.1) is 5.92 Å². The van der Waals surface area contributed by atoms with E-state index in [4.69, 9.17) is 0 Å². The van der Waals surface area contributed by atoms with Crippen molar-refractivity contribution in [1.29, 1.82) is 0 Å². The molecule has 1 amide bonds. The van der Waals surface area contributed by atoms with E-state index in [9.17, 15) is 4.79 Å². The maximum atomic E-state index is 12.6. The first-order valence-corrected chi connectivity index (χ1v) is 9.22. The summed E-state index contributed by atoms with van der Waals surface area (Å²) in [6.07, 6.45) is 3.25. The van der Waals surface area contributed by atoms with E-state index in [1.807, 2.05) is 13.8 Å². The van der Waals surface area contributed by atoms with Gasteiger partial charge in [0.15, 0.2) is 0 Å². The molecule has 2 rings (SSSR count). The molecule has 1 heterocycles. The van der Waals surface area contributed by atoms with Crippen LogP contribution in [0.15, 0.2) is 30.3 Å². The number of nitrogens with zero attached hydrogens (tertiary/aromatic N) is 2. The molecular formula is C21H33N3O. The second-order valence-corrected chi connectivity index (χ2v) is 8.00.